The molecule has 0 amide bonds. The van der Waals surface area contributed by atoms with Crippen LogP contribution >= 0.6 is 0 Å². The summed E-state index contributed by atoms with van der Waals surface area (Å²) in [5, 5.41) is 8.79. The molecule has 100 valence electrons. The molecule has 0 unspecified atom stereocenters. The van der Waals surface area contributed by atoms with Crippen molar-refractivity contribution in [2.24, 2.45) is 0 Å². The molecule has 0 atom stereocenters. The SMILES string of the molecule is CN1CCC(Oc2ccc(CCCO)cc2)CC1. The van der Waals surface area contributed by atoms with Crippen LogP contribution in [-0.2, 0) is 6.42 Å². The highest BCUT2D eigenvalue weighted by atomic mass is 16.5. The lowest BCUT2D eigenvalue weighted by atomic mass is 10.1. The maximum Gasteiger partial charge on any atom is 0.119 e. The summed E-state index contributed by atoms with van der Waals surface area (Å²) in [4.78, 5) is 2.35. The molecule has 0 bridgehead atoms. The van der Waals surface area contributed by atoms with Gasteiger partial charge < -0.3 is 14.7 Å². The largest absolute Gasteiger partial charge is 0.490 e. The lowest BCUT2D eigenvalue weighted by Crippen LogP contribution is -2.35. The molecule has 1 aliphatic rings. The van der Waals surface area contributed by atoms with Gasteiger partial charge in [0.2, 0.25) is 0 Å². The first-order valence-electron chi connectivity index (χ1n) is 6.83. The Labute approximate surface area is 109 Å². The summed E-state index contributed by atoms with van der Waals surface area (Å²) in [6.07, 6.45) is 4.36. The molecule has 1 aromatic carbocycles. The summed E-state index contributed by atoms with van der Waals surface area (Å²) in [5.74, 6) is 0.970. The number of ether oxygens (including phenoxy) is 1. The Morgan fingerprint density at radius 1 is 1.22 bits per heavy atom. The van der Waals surface area contributed by atoms with Gasteiger partial charge in [0.05, 0.1) is 0 Å². The Morgan fingerprint density at radius 2 is 1.89 bits per heavy atom. The summed E-state index contributed by atoms with van der Waals surface area (Å²) in [6.45, 7) is 2.51. The van der Waals surface area contributed by atoms with Crippen LogP contribution in [0.5, 0.6) is 5.75 Å². The fourth-order valence-electron chi connectivity index (χ4n) is 2.31. The van der Waals surface area contributed by atoms with Gasteiger partial charge in [-0.2, -0.15) is 0 Å². The Bertz CT molecular complexity index is 342. The molecule has 0 radical (unpaired) electrons. The van der Waals surface area contributed by atoms with Crippen LogP contribution in [-0.4, -0.2) is 42.9 Å². The summed E-state index contributed by atoms with van der Waals surface area (Å²) in [5.41, 5.74) is 1.26. The molecule has 1 aliphatic heterocycles. The number of aryl methyl sites for hydroxylation is 1. The predicted molar refractivity (Wildman–Crippen MR) is 73.0 cm³/mol. The summed E-state index contributed by atoms with van der Waals surface area (Å²) < 4.78 is 5.99. The molecule has 2 rings (SSSR count). The highest BCUT2D eigenvalue weighted by Crippen LogP contribution is 2.19. The van der Waals surface area contributed by atoms with E-state index in [1.54, 1.807) is 0 Å². The summed E-state index contributed by atoms with van der Waals surface area (Å²) in [6, 6.07) is 8.29. The first-order valence-corrected chi connectivity index (χ1v) is 6.83. The number of piperidine rings is 1. The number of aliphatic hydroxyl groups is 1. The van der Waals surface area contributed by atoms with Gasteiger partial charge >= 0.3 is 0 Å². The topological polar surface area (TPSA) is 32.7 Å². The fourth-order valence-corrected chi connectivity index (χ4v) is 2.31. The molecule has 0 saturated carbocycles. The van der Waals surface area contributed by atoms with Crippen molar-refractivity contribution in [1.82, 2.24) is 4.90 Å². The fraction of sp³-hybridized carbons (Fsp3) is 0.600. The van der Waals surface area contributed by atoms with Crippen molar-refractivity contribution in [3.8, 4) is 5.75 Å². The van der Waals surface area contributed by atoms with Crippen molar-refractivity contribution in [1.29, 1.82) is 0 Å². The van der Waals surface area contributed by atoms with Gasteiger partial charge in [0.25, 0.3) is 0 Å². The number of benzene rings is 1. The highest BCUT2D eigenvalue weighted by Gasteiger charge is 2.17. The zero-order valence-corrected chi connectivity index (χ0v) is 11.1. The lowest BCUT2D eigenvalue weighted by molar-refractivity contribution is 0.114. The van der Waals surface area contributed by atoms with E-state index in [0.717, 1.165) is 44.5 Å². The third-order valence-corrected chi connectivity index (χ3v) is 3.52. The number of hydrogen-bond acceptors (Lipinski definition) is 3. The second-order valence-electron chi connectivity index (χ2n) is 5.09. The smallest absolute Gasteiger partial charge is 0.119 e. The van der Waals surface area contributed by atoms with Crippen LogP contribution in [0.25, 0.3) is 0 Å². The van der Waals surface area contributed by atoms with Crippen molar-refractivity contribution in [2.75, 3.05) is 26.7 Å². The number of hydrogen-bond donors (Lipinski definition) is 1. The van der Waals surface area contributed by atoms with Crippen LogP contribution in [0.1, 0.15) is 24.8 Å². The quantitative estimate of drug-likeness (QED) is 0.867. The minimum Gasteiger partial charge on any atom is -0.490 e. The van der Waals surface area contributed by atoms with E-state index < -0.39 is 0 Å². The van der Waals surface area contributed by atoms with E-state index in [1.165, 1.54) is 5.56 Å². The van der Waals surface area contributed by atoms with E-state index in [4.69, 9.17) is 9.84 Å². The molecule has 18 heavy (non-hydrogen) atoms. The third kappa shape index (κ3) is 4.00. The van der Waals surface area contributed by atoms with E-state index in [0.29, 0.717) is 6.10 Å². The standard InChI is InChI=1S/C15H23NO2/c1-16-10-8-15(9-11-16)18-14-6-4-13(5-7-14)3-2-12-17/h4-7,15,17H,2-3,8-12H2,1H3. The van der Waals surface area contributed by atoms with Crippen LogP contribution in [0.2, 0.25) is 0 Å². The molecule has 1 saturated heterocycles. The Kier molecular flexibility index (Phi) is 5.02. The highest BCUT2D eigenvalue weighted by molar-refractivity contribution is 5.27. The van der Waals surface area contributed by atoms with Crippen LogP contribution in [0.3, 0.4) is 0 Å². The summed E-state index contributed by atoms with van der Waals surface area (Å²) >= 11 is 0. The van der Waals surface area contributed by atoms with Gasteiger partial charge in [-0.05, 0) is 50.4 Å². The molecule has 3 nitrogen and oxygen atoms in total. The van der Waals surface area contributed by atoms with E-state index in [1.807, 2.05) is 12.1 Å². The van der Waals surface area contributed by atoms with E-state index >= 15 is 0 Å². The van der Waals surface area contributed by atoms with Crippen molar-refractivity contribution in [2.45, 2.75) is 31.8 Å². The first-order chi connectivity index (χ1) is 8.78. The predicted octanol–water partition coefficient (Wildman–Crippen LogP) is 2.08. The molecule has 0 aliphatic carbocycles. The molecule has 1 heterocycles. The van der Waals surface area contributed by atoms with Gasteiger partial charge in [0.15, 0.2) is 0 Å². The normalized spacial score (nSPS) is 17.9. The van der Waals surface area contributed by atoms with Gasteiger partial charge in [-0.15, -0.1) is 0 Å². The minimum absolute atomic E-state index is 0.258. The molecule has 3 heteroatoms. The van der Waals surface area contributed by atoms with Gasteiger partial charge in [-0.25, -0.2) is 0 Å². The molecular formula is C15H23NO2. The summed E-state index contributed by atoms with van der Waals surface area (Å²) in [7, 11) is 2.16. The van der Waals surface area contributed by atoms with Crippen LogP contribution in [0, 0.1) is 0 Å². The zero-order chi connectivity index (χ0) is 12.8. The van der Waals surface area contributed by atoms with Gasteiger partial charge in [0, 0.05) is 19.7 Å². The van der Waals surface area contributed by atoms with E-state index in [-0.39, 0.29) is 6.61 Å². The third-order valence-electron chi connectivity index (χ3n) is 3.52. The molecule has 1 aromatic rings. The number of likely N-dealkylation sites (tertiary alicyclic amines) is 1. The van der Waals surface area contributed by atoms with E-state index in [9.17, 15) is 0 Å². The molecule has 1 N–H and O–H groups in total. The van der Waals surface area contributed by atoms with E-state index in [2.05, 4.69) is 24.1 Å². The van der Waals surface area contributed by atoms with Crippen molar-refractivity contribution in [3.63, 3.8) is 0 Å². The number of rotatable bonds is 5. The lowest BCUT2D eigenvalue weighted by Gasteiger charge is -2.29. The number of aliphatic hydroxyl groups excluding tert-OH is 1. The van der Waals surface area contributed by atoms with Crippen molar-refractivity contribution < 1.29 is 9.84 Å². The molecule has 0 spiro atoms. The Hall–Kier alpha value is -1.06. The minimum atomic E-state index is 0.258. The van der Waals surface area contributed by atoms with Crippen LogP contribution < -0.4 is 4.74 Å². The van der Waals surface area contributed by atoms with Gasteiger partial charge in [-0.1, -0.05) is 12.1 Å². The van der Waals surface area contributed by atoms with Crippen LogP contribution in [0.4, 0.5) is 0 Å². The van der Waals surface area contributed by atoms with Crippen LogP contribution in [0.15, 0.2) is 24.3 Å². The number of nitrogens with zero attached hydrogens (tertiary/aromatic N) is 1. The molecule has 1 fully saturated rings. The monoisotopic (exact) mass is 249 g/mol. The maximum absolute atomic E-state index is 8.79. The molecule has 0 aromatic heterocycles. The average Bonchev–Trinajstić information content (AvgIpc) is 2.41. The van der Waals surface area contributed by atoms with Gasteiger partial charge in [-0.3, -0.25) is 0 Å². The Morgan fingerprint density at radius 3 is 2.50 bits per heavy atom. The average molecular weight is 249 g/mol. The second kappa shape index (κ2) is 6.76. The maximum atomic E-state index is 8.79. The van der Waals surface area contributed by atoms with Crippen molar-refractivity contribution in [3.05, 3.63) is 29.8 Å². The molecular weight excluding hydrogens is 226 g/mol. The van der Waals surface area contributed by atoms with Crippen molar-refractivity contribution >= 4 is 0 Å². The second-order valence-corrected chi connectivity index (χ2v) is 5.09. The Balaban J connectivity index is 1.82. The van der Waals surface area contributed by atoms with Gasteiger partial charge in [0.1, 0.15) is 11.9 Å². The zero-order valence-electron chi connectivity index (χ0n) is 11.1. The first kappa shape index (κ1) is 13.4.